The normalized spacial score (nSPS) is 23.7. The summed E-state index contributed by atoms with van der Waals surface area (Å²) in [6.07, 6.45) is 5.88. The molecule has 26 heavy (non-hydrogen) atoms. The smallest absolute Gasteiger partial charge is 0.142 e. The first-order valence-electron chi connectivity index (χ1n) is 9.14. The molecule has 4 rings (SSSR count). The largest absolute Gasteiger partial charge is 0.370 e. The highest BCUT2D eigenvalue weighted by Gasteiger charge is 2.40. The Morgan fingerprint density at radius 2 is 2.15 bits per heavy atom. The molecule has 0 saturated carbocycles. The number of aromatic nitrogens is 2. The summed E-state index contributed by atoms with van der Waals surface area (Å²) in [5, 5.41) is 9.11. The fourth-order valence-corrected chi connectivity index (χ4v) is 4.01. The lowest BCUT2D eigenvalue weighted by molar-refractivity contribution is -0.116. The van der Waals surface area contributed by atoms with Crippen LogP contribution in [0.15, 0.2) is 42.7 Å². The molecular weight excluding hydrogens is 326 g/mol. The van der Waals surface area contributed by atoms with Gasteiger partial charge < -0.3 is 9.64 Å². The second-order valence-electron chi connectivity index (χ2n) is 7.12. The van der Waals surface area contributed by atoms with E-state index in [4.69, 9.17) is 10.00 Å². The van der Waals surface area contributed by atoms with E-state index in [-0.39, 0.29) is 5.60 Å². The van der Waals surface area contributed by atoms with Crippen LogP contribution in [-0.4, -0.2) is 53.3 Å². The van der Waals surface area contributed by atoms with Gasteiger partial charge in [0.05, 0.1) is 12.2 Å². The quantitative estimate of drug-likeness (QED) is 0.847. The molecule has 2 aliphatic heterocycles. The van der Waals surface area contributed by atoms with Crippen molar-refractivity contribution in [3.05, 3.63) is 54.0 Å². The standard InChI is InChI=1S/C20H23N5O/c21-12-18-5-1-6-19(23-18)25-9-3-7-20(16-25)15-24(10-11-26-20)14-17-4-2-8-22-13-17/h1-2,4-6,8,13H,3,7,9-11,14-16H2. The molecule has 6 heteroatoms. The average Bonchev–Trinajstić information content (AvgIpc) is 2.69. The van der Waals surface area contributed by atoms with E-state index < -0.39 is 0 Å². The van der Waals surface area contributed by atoms with Gasteiger partial charge in [-0.25, -0.2) is 4.98 Å². The predicted molar refractivity (Wildman–Crippen MR) is 98.6 cm³/mol. The first-order chi connectivity index (χ1) is 12.8. The van der Waals surface area contributed by atoms with E-state index in [2.05, 4.69) is 31.9 Å². The van der Waals surface area contributed by atoms with Crippen LogP contribution in [0.3, 0.4) is 0 Å². The molecule has 1 atom stereocenters. The zero-order valence-corrected chi connectivity index (χ0v) is 14.8. The fourth-order valence-electron chi connectivity index (χ4n) is 4.01. The van der Waals surface area contributed by atoms with Crippen LogP contribution < -0.4 is 4.90 Å². The highest BCUT2D eigenvalue weighted by molar-refractivity contribution is 5.42. The molecule has 0 bridgehead atoms. The lowest BCUT2D eigenvalue weighted by Gasteiger charge is -2.48. The first-order valence-corrected chi connectivity index (χ1v) is 9.14. The third-order valence-electron chi connectivity index (χ3n) is 5.17. The number of anilines is 1. The monoisotopic (exact) mass is 349 g/mol. The van der Waals surface area contributed by atoms with Gasteiger partial charge in [-0.05, 0) is 36.6 Å². The molecule has 0 amide bonds. The lowest BCUT2D eigenvalue weighted by atomic mass is 9.90. The second kappa shape index (κ2) is 7.40. The molecule has 2 saturated heterocycles. The Labute approximate surface area is 154 Å². The molecule has 0 radical (unpaired) electrons. The Kier molecular flexibility index (Phi) is 4.83. The summed E-state index contributed by atoms with van der Waals surface area (Å²) in [5.74, 6) is 0.871. The van der Waals surface area contributed by atoms with E-state index in [0.29, 0.717) is 5.69 Å². The summed E-state index contributed by atoms with van der Waals surface area (Å²) in [6, 6.07) is 11.9. The highest BCUT2D eigenvalue weighted by Crippen LogP contribution is 2.31. The Hall–Kier alpha value is -2.49. The average molecular weight is 349 g/mol. The van der Waals surface area contributed by atoms with Crippen molar-refractivity contribution < 1.29 is 4.74 Å². The number of rotatable bonds is 3. The van der Waals surface area contributed by atoms with Crippen LogP contribution >= 0.6 is 0 Å². The molecule has 1 unspecified atom stereocenters. The van der Waals surface area contributed by atoms with Crippen LogP contribution in [0.4, 0.5) is 5.82 Å². The topological polar surface area (TPSA) is 65.3 Å². The number of nitriles is 1. The zero-order valence-electron chi connectivity index (χ0n) is 14.8. The first kappa shape index (κ1) is 17.0. The third kappa shape index (κ3) is 3.69. The van der Waals surface area contributed by atoms with Crippen LogP contribution in [-0.2, 0) is 11.3 Å². The van der Waals surface area contributed by atoms with Crippen molar-refractivity contribution in [3.8, 4) is 6.07 Å². The Balaban J connectivity index is 1.47. The third-order valence-corrected chi connectivity index (χ3v) is 5.17. The molecule has 0 N–H and O–H groups in total. The van der Waals surface area contributed by atoms with Crippen molar-refractivity contribution in [3.63, 3.8) is 0 Å². The van der Waals surface area contributed by atoms with Gasteiger partial charge in [0, 0.05) is 45.1 Å². The van der Waals surface area contributed by atoms with Crippen molar-refractivity contribution >= 4 is 5.82 Å². The maximum absolute atomic E-state index is 9.11. The van der Waals surface area contributed by atoms with Gasteiger partial charge in [0.25, 0.3) is 0 Å². The summed E-state index contributed by atoms with van der Waals surface area (Å²) in [5.41, 5.74) is 1.54. The molecule has 4 heterocycles. The molecule has 2 aromatic rings. The maximum atomic E-state index is 9.11. The van der Waals surface area contributed by atoms with Gasteiger partial charge in [0.15, 0.2) is 0 Å². The Morgan fingerprint density at radius 3 is 3.00 bits per heavy atom. The number of nitrogens with zero attached hydrogens (tertiary/aromatic N) is 5. The number of pyridine rings is 2. The lowest BCUT2D eigenvalue weighted by Crippen LogP contribution is -2.59. The zero-order chi connectivity index (χ0) is 17.8. The second-order valence-corrected chi connectivity index (χ2v) is 7.12. The molecule has 6 nitrogen and oxygen atoms in total. The number of ether oxygens (including phenoxy) is 1. The fraction of sp³-hybridized carbons (Fsp3) is 0.450. The van der Waals surface area contributed by atoms with Gasteiger partial charge >= 0.3 is 0 Å². The minimum Gasteiger partial charge on any atom is -0.370 e. The van der Waals surface area contributed by atoms with Crippen LogP contribution in [0.25, 0.3) is 0 Å². The van der Waals surface area contributed by atoms with Crippen molar-refractivity contribution in [2.24, 2.45) is 0 Å². The van der Waals surface area contributed by atoms with Gasteiger partial charge in [-0.15, -0.1) is 0 Å². The van der Waals surface area contributed by atoms with E-state index in [0.717, 1.165) is 58.0 Å². The SMILES string of the molecule is N#Cc1cccc(N2CCCC3(CN(Cc4cccnc4)CCO3)C2)n1. The summed E-state index contributed by atoms with van der Waals surface area (Å²) in [7, 11) is 0. The number of morpholine rings is 1. The van der Waals surface area contributed by atoms with Crippen LogP contribution in [0.2, 0.25) is 0 Å². The minimum absolute atomic E-state index is 0.164. The molecule has 2 aromatic heterocycles. The van der Waals surface area contributed by atoms with Gasteiger partial charge in [0.2, 0.25) is 0 Å². The molecule has 0 aliphatic carbocycles. The molecular formula is C20H23N5O. The van der Waals surface area contributed by atoms with E-state index >= 15 is 0 Å². The predicted octanol–water partition coefficient (Wildman–Crippen LogP) is 2.22. The van der Waals surface area contributed by atoms with Crippen molar-refractivity contribution in [2.45, 2.75) is 25.0 Å². The summed E-state index contributed by atoms with van der Waals surface area (Å²) in [6.45, 7) is 5.28. The Bertz CT molecular complexity index is 786. The van der Waals surface area contributed by atoms with Gasteiger partial charge in [0.1, 0.15) is 17.6 Å². The summed E-state index contributed by atoms with van der Waals surface area (Å²) >= 11 is 0. The van der Waals surface area contributed by atoms with Gasteiger partial charge in [-0.1, -0.05) is 12.1 Å². The number of piperidine rings is 1. The maximum Gasteiger partial charge on any atom is 0.142 e. The molecule has 0 aromatic carbocycles. The highest BCUT2D eigenvalue weighted by atomic mass is 16.5. The minimum atomic E-state index is -0.164. The van der Waals surface area contributed by atoms with Crippen molar-refractivity contribution in [1.29, 1.82) is 5.26 Å². The molecule has 2 fully saturated rings. The van der Waals surface area contributed by atoms with Crippen LogP contribution in [0.5, 0.6) is 0 Å². The molecule has 134 valence electrons. The van der Waals surface area contributed by atoms with Crippen molar-refractivity contribution in [1.82, 2.24) is 14.9 Å². The number of hydrogen-bond acceptors (Lipinski definition) is 6. The van der Waals surface area contributed by atoms with Crippen LogP contribution in [0, 0.1) is 11.3 Å². The molecule has 1 spiro atoms. The van der Waals surface area contributed by atoms with Crippen LogP contribution in [0.1, 0.15) is 24.1 Å². The Morgan fingerprint density at radius 1 is 1.19 bits per heavy atom. The van der Waals surface area contributed by atoms with Gasteiger partial charge in [-0.3, -0.25) is 9.88 Å². The number of hydrogen-bond donors (Lipinski definition) is 0. The van der Waals surface area contributed by atoms with E-state index in [9.17, 15) is 0 Å². The van der Waals surface area contributed by atoms with Crippen molar-refractivity contribution in [2.75, 3.05) is 37.7 Å². The summed E-state index contributed by atoms with van der Waals surface area (Å²) in [4.78, 5) is 13.4. The van der Waals surface area contributed by atoms with E-state index in [1.807, 2.05) is 30.6 Å². The summed E-state index contributed by atoms with van der Waals surface area (Å²) < 4.78 is 6.29. The van der Waals surface area contributed by atoms with E-state index in [1.165, 1.54) is 5.56 Å². The van der Waals surface area contributed by atoms with E-state index in [1.54, 1.807) is 6.07 Å². The van der Waals surface area contributed by atoms with Gasteiger partial charge in [-0.2, -0.15) is 5.26 Å². The molecule has 2 aliphatic rings.